The third-order valence-corrected chi connectivity index (χ3v) is 7.03. The molecule has 0 bridgehead atoms. The van der Waals surface area contributed by atoms with E-state index in [4.69, 9.17) is 0 Å². The molecule has 1 aliphatic rings. The van der Waals surface area contributed by atoms with Crippen molar-refractivity contribution in [1.29, 1.82) is 0 Å². The largest absolute Gasteiger partial charge is 0.508 e. The van der Waals surface area contributed by atoms with Crippen LogP contribution in [0, 0.1) is 0 Å². The van der Waals surface area contributed by atoms with Crippen LogP contribution in [0.2, 0.25) is 0 Å². The Morgan fingerprint density at radius 1 is 0.921 bits per heavy atom. The first-order valence-corrected chi connectivity index (χ1v) is 13.4. The Balaban J connectivity index is 1.68. The lowest BCUT2D eigenvalue weighted by Crippen LogP contribution is -2.48. The van der Waals surface area contributed by atoms with E-state index in [1.807, 2.05) is 39.8 Å². The molecule has 9 heteroatoms. The molecule has 38 heavy (non-hydrogen) atoms. The lowest BCUT2D eigenvalue weighted by Gasteiger charge is -2.36. The molecule has 0 spiro atoms. The lowest BCUT2D eigenvalue weighted by atomic mass is 9.98. The van der Waals surface area contributed by atoms with E-state index in [0.717, 1.165) is 32.7 Å². The zero-order chi connectivity index (χ0) is 27.6. The summed E-state index contributed by atoms with van der Waals surface area (Å²) in [7, 11) is 0. The van der Waals surface area contributed by atoms with Crippen LogP contribution in [-0.4, -0.2) is 78.9 Å². The van der Waals surface area contributed by atoms with Crippen molar-refractivity contribution < 1.29 is 15.0 Å². The second-order valence-electron chi connectivity index (χ2n) is 11.0. The van der Waals surface area contributed by atoms with Gasteiger partial charge in [-0.25, -0.2) is 0 Å². The first-order valence-electron chi connectivity index (χ1n) is 13.4. The van der Waals surface area contributed by atoms with E-state index in [-0.39, 0.29) is 35.2 Å². The van der Waals surface area contributed by atoms with Crippen LogP contribution in [0.4, 0.5) is 0 Å². The minimum absolute atomic E-state index is 0.0173. The fourth-order valence-corrected chi connectivity index (χ4v) is 4.86. The summed E-state index contributed by atoms with van der Waals surface area (Å²) in [6.45, 7) is 17.2. The van der Waals surface area contributed by atoms with E-state index < -0.39 is 0 Å². The second-order valence-corrected chi connectivity index (χ2v) is 11.0. The molecule has 0 saturated carbocycles. The van der Waals surface area contributed by atoms with Crippen molar-refractivity contribution in [1.82, 2.24) is 29.9 Å². The first kappa shape index (κ1) is 27.6. The molecule has 0 unspecified atom stereocenters. The number of nitrogens with zero attached hydrogens (tertiary/aromatic N) is 5. The van der Waals surface area contributed by atoms with Crippen LogP contribution >= 0.6 is 0 Å². The molecule has 3 aromatic rings. The molecule has 2 heterocycles. The van der Waals surface area contributed by atoms with Crippen LogP contribution in [0.1, 0.15) is 69.2 Å². The highest BCUT2D eigenvalue weighted by Gasteiger charge is 2.25. The van der Waals surface area contributed by atoms with Crippen LogP contribution in [0.25, 0.3) is 17.1 Å². The molecule has 204 valence electrons. The van der Waals surface area contributed by atoms with Gasteiger partial charge >= 0.3 is 0 Å². The van der Waals surface area contributed by atoms with Crippen molar-refractivity contribution in [2.75, 3.05) is 26.2 Å². The summed E-state index contributed by atoms with van der Waals surface area (Å²) in [4.78, 5) is 18.0. The monoisotopic (exact) mass is 520 g/mol. The molecular formula is C29H40N6O3. The van der Waals surface area contributed by atoms with Gasteiger partial charge in [0.2, 0.25) is 5.82 Å². The standard InChI is InChI=1S/C29H40N6O3/c1-18(2)23-15-24(26(37)16-25(23)36)27-31-32-28(29(38)30-19(3)4)35(27)22-9-7-21(8-10-22)17-33-11-13-34(14-12-33)20(5)6/h7-10,15-16,18-20,36-37H,11-14,17H2,1-6H3,(H,30,38). The molecule has 0 atom stereocenters. The number of phenolic OH excluding ortho intramolecular Hbond substituents is 2. The molecule has 9 nitrogen and oxygen atoms in total. The normalized spacial score (nSPS) is 15.1. The summed E-state index contributed by atoms with van der Waals surface area (Å²) >= 11 is 0. The van der Waals surface area contributed by atoms with Crippen molar-refractivity contribution in [2.24, 2.45) is 0 Å². The number of piperazine rings is 1. The molecule has 0 aliphatic carbocycles. The van der Waals surface area contributed by atoms with E-state index in [2.05, 4.69) is 51.3 Å². The number of benzene rings is 2. The maximum Gasteiger partial charge on any atom is 0.289 e. The van der Waals surface area contributed by atoms with Crippen molar-refractivity contribution >= 4 is 5.91 Å². The smallest absolute Gasteiger partial charge is 0.289 e. The first-order chi connectivity index (χ1) is 18.0. The minimum atomic E-state index is -0.354. The molecule has 1 saturated heterocycles. The Hall–Kier alpha value is -3.43. The molecule has 1 amide bonds. The van der Waals surface area contributed by atoms with Gasteiger partial charge in [0.15, 0.2) is 5.82 Å². The van der Waals surface area contributed by atoms with Crippen LogP contribution in [0.3, 0.4) is 0 Å². The molecule has 1 aromatic heterocycles. The van der Waals surface area contributed by atoms with Crippen LogP contribution < -0.4 is 5.32 Å². The van der Waals surface area contributed by atoms with E-state index in [1.165, 1.54) is 11.6 Å². The SMILES string of the molecule is CC(C)NC(=O)c1nnc(-c2cc(C(C)C)c(O)cc2O)n1-c1ccc(CN2CCN(C(C)C)CC2)cc1. The predicted molar refractivity (Wildman–Crippen MR) is 149 cm³/mol. The Morgan fingerprint density at radius 3 is 2.16 bits per heavy atom. The van der Waals surface area contributed by atoms with Crippen LogP contribution in [-0.2, 0) is 6.54 Å². The van der Waals surface area contributed by atoms with Gasteiger partial charge in [-0.05, 0) is 62.9 Å². The summed E-state index contributed by atoms with van der Waals surface area (Å²) < 4.78 is 1.67. The Morgan fingerprint density at radius 2 is 1.58 bits per heavy atom. The van der Waals surface area contributed by atoms with Gasteiger partial charge in [0, 0.05) is 56.6 Å². The highest BCUT2D eigenvalue weighted by molar-refractivity contribution is 5.92. The molecule has 1 fully saturated rings. The summed E-state index contributed by atoms with van der Waals surface area (Å²) in [6, 6.07) is 11.6. The topological polar surface area (TPSA) is 107 Å². The van der Waals surface area contributed by atoms with Crippen LogP contribution in [0.15, 0.2) is 36.4 Å². The zero-order valence-electron chi connectivity index (χ0n) is 23.3. The quantitative estimate of drug-likeness (QED) is 0.410. The van der Waals surface area contributed by atoms with E-state index in [0.29, 0.717) is 28.7 Å². The van der Waals surface area contributed by atoms with Gasteiger partial charge in [0.05, 0.1) is 5.56 Å². The summed E-state index contributed by atoms with van der Waals surface area (Å²) in [5.74, 6) is 0.0159. The molecule has 4 rings (SSSR count). The van der Waals surface area contributed by atoms with E-state index >= 15 is 0 Å². The minimum Gasteiger partial charge on any atom is -0.508 e. The van der Waals surface area contributed by atoms with Crippen molar-refractivity contribution in [3.05, 3.63) is 53.3 Å². The summed E-state index contributed by atoms with van der Waals surface area (Å²) in [5, 5.41) is 32.5. The molecule has 1 aliphatic heterocycles. The molecule has 0 radical (unpaired) electrons. The average Bonchev–Trinajstić information content (AvgIpc) is 3.29. The van der Waals surface area contributed by atoms with Gasteiger partial charge in [0.25, 0.3) is 5.91 Å². The number of phenols is 2. The number of carbonyl (C=O) groups excluding carboxylic acids is 1. The highest BCUT2D eigenvalue weighted by Crippen LogP contribution is 2.38. The Labute approximate surface area is 225 Å². The maximum absolute atomic E-state index is 13.1. The number of nitrogens with one attached hydrogen (secondary N) is 1. The number of carbonyl (C=O) groups is 1. The number of rotatable bonds is 8. The number of hydrogen-bond acceptors (Lipinski definition) is 7. The molecule has 3 N–H and O–H groups in total. The number of hydrogen-bond donors (Lipinski definition) is 3. The Kier molecular flexibility index (Phi) is 8.38. The number of aromatic hydroxyl groups is 2. The summed E-state index contributed by atoms with van der Waals surface area (Å²) in [5.41, 5.74) is 2.97. The lowest BCUT2D eigenvalue weighted by molar-refractivity contribution is 0.0930. The van der Waals surface area contributed by atoms with Gasteiger partial charge < -0.3 is 15.5 Å². The molecular weight excluding hydrogens is 480 g/mol. The third-order valence-electron chi connectivity index (χ3n) is 7.03. The van der Waals surface area contributed by atoms with Gasteiger partial charge in [-0.2, -0.15) is 0 Å². The van der Waals surface area contributed by atoms with Crippen molar-refractivity contribution in [2.45, 2.75) is 66.1 Å². The zero-order valence-corrected chi connectivity index (χ0v) is 23.3. The fraction of sp³-hybridized carbons (Fsp3) is 0.483. The maximum atomic E-state index is 13.1. The van der Waals surface area contributed by atoms with Crippen molar-refractivity contribution in [3.63, 3.8) is 0 Å². The van der Waals surface area contributed by atoms with E-state index in [9.17, 15) is 15.0 Å². The number of aromatic nitrogens is 3. The predicted octanol–water partition coefficient (Wildman–Crippen LogP) is 4.13. The highest BCUT2D eigenvalue weighted by atomic mass is 16.3. The Bertz CT molecular complexity index is 1260. The van der Waals surface area contributed by atoms with Gasteiger partial charge in [-0.1, -0.05) is 26.0 Å². The van der Waals surface area contributed by atoms with Gasteiger partial charge in [-0.3, -0.25) is 19.2 Å². The second kappa shape index (κ2) is 11.5. The fourth-order valence-electron chi connectivity index (χ4n) is 4.86. The van der Waals surface area contributed by atoms with Gasteiger partial charge in [-0.15, -0.1) is 10.2 Å². The average molecular weight is 521 g/mol. The van der Waals surface area contributed by atoms with Crippen LogP contribution in [0.5, 0.6) is 11.5 Å². The molecule has 2 aromatic carbocycles. The van der Waals surface area contributed by atoms with Crippen molar-refractivity contribution in [3.8, 4) is 28.6 Å². The van der Waals surface area contributed by atoms with Gasteiger partial charge in [0.1, 0.15) is 11.5 Å². The number of amides is 1. The third kappa shape index (κ3) is 6.00. The van der Waals surface area contributed by atoms with E-state index in [1.54, 1.807) is 10.6 Å². The summed E-state index contributed by atoms with van der Waals surface area (Å²) in [6.07, 6.45) is 0.